The Morgan fingerprint density at radius 3 is 2.44 bits per heavy atom. The summed E-state index contributed by atoms with van der Waals surface area (Å²) in [4.78, 5) is 20.2. The van der Waals surface area contributed by atoms with Crippen LogP contribution < -0.4 is 20.3 Å². The Hall–Kier alpha value is -3.12. The van der Waals surface area contributed by atoms with Crippen molar-refractivity contribution in [1.29, 1.82) is 0 Å². The molecule has 6 heteroatoms. The van der Waals surface area contributed by atoms with E-state index in [2.05, 4.69) is 55.4 Å². The highest BCUT2D eigenvalue weighted by Gasteiger charge is 2.38. The Balaban J connectivity index is 1.33. The third kappa shape index (κ3) is 4.47. The van der Waals surface area contributed by atoms with Crippen LogP contribution in [0.3, 0.4) is 0 Å². The van der Waals surface area contributed by atoms with Crippen LogP contribution in [0.2, 0.25) is 0 Å². The topological polar surface area (TPSA) is 66.5 Å². The summed E-state index contributed by atoms with van der Waals surface area (Å²) >= 11 is 0. The lowest BCUT2D eigenvalue weighted by molar-refractivity contribution is 0.0873. The van der Waals surface area contributed by atoms with Gasteiger partial charge in [-0.15, -0.1) is 0 Å². The normalized spacial score (nSPS) is 19.1. The number of benzene rings is 2. The van der Waals surface area contributed by atoms with Crippen molar-refractivity contribution in [3.05, 3.63) is 59.7 Å². The number of amides is 1. The van der Waals surface area contributed by atoms with E-state index in [4.69, 9.17) is 9.72 Å². The number of hydrogen-bond donors (Lipinski definition) is 2. The van der Waals surface area contributed by atoms with Crippen LogP contribution in [0.4, 0.5) is 11.5 Å². The van der Waals surface area contributed by atoms with Crippen molar-refractivity contribution in [2.24, 2.45) is 0 Å². The van der Waals surface area contributed by atoms with Crippen LogP contribution >= 0.6 is 0 Å². The summed E-state index contributed by atoms with van der Waals surface area (Å²) in [6.45, 7) is 9.67. The molecule has 2 aliphatic heterocycles. The number of nitrogens with one attached hydrogen (secondary N) is 2. The van der Waals surface area contributed by atoms with E-state index in [9.17, 15) is 4.79 Å². The molecule has 3 heterocycles. The van der Waals surface area contributed by atoms with Gasteiger partial charge in [-0.2, -0.15) is 0 Å². The van der Waals surface area contributed by atoms with E-state index in [1.807, 2.05) is 36.4 Å². The summed E-state index contributed by atoms with van der Waals surface area (Å²) in [7, 11) is 1.67. The van der Waals surface area contributed by atoms with Crippen molar-refractivity contribution in [3.63, 3.8) is 0 Å². The fraction of sp³-hybridized carbons (Fsp3) is 0.429. The molecule has 0 radical (unpaired) electrons. The number of fused-ring (bicyclic) bond motifs is 2. The highest BCUT2D eigenvalue weighted by atomic mass is 16.5. The first kappa shape index (κ1) is 22.7. The number of rotatable bonds is 4. The molecule has 6 nitrogen and oxygen atoms in total. The minimum atomic E-state index is -0.0110. The zero-order valence-corrected chi connectivity index (χ0v) is 20.7. The SMILES string of the molecule is COc1ccc2cc3c(nc2c1)N(c1ccc(C(=O)NC2CC(C)(C)NC(C)(C)C2)cc1)CC3. The molecule has 0 spiro atoms. The van der Waals surface area contributed by atoms with Gasteiger partial charge in [0.15, 0.2) is 0 Å². The maximum Gasteiger partial charge on any atom is 0.251 e. The molecule has 178 valence electrons. The van der Waals surface area contributed by atoms with Gasteiger partial charge >= 0.3 is 0 Å². The number of carbonyl (C=O) groups excluding carboxylic acids is 1. The van der Waals surface area contributed by atoms with E-state index in [0.717, 1.165) is 54.0 Å². The molecule has 2 N–H and O–H groups in total. The monoisotopic (exact) mass is 458 g/mol. The van der Waals surface area contributed by atoms with Crippen molar-refractivity contribution < 1.29 is 9.53 Å². The molecular formula is C28H34N4O2. The van der Waals surface area contributed by atoms with Gasteiger partial charge in [0.05, 0.1) is 12.6 Å². The highest BCUT2D eigenvalue weighted by Crippen LogP contribution is 2.36. The smallest absolute Gasteiger partial charge is 0.251 e. The molecule has 2 aliphatic rings. The summed E-state index contributed by atoms with van der Waals surface area (Å²) in [5, 5.41) is 8.06. The van der Waals surface area contributed by atoms with Crippen LogP contribution in [0, 0.1) is 0 Å². The number of carbonyl (C=O) groups is 1. The van der Waals surface area contributed by atoms with Crippen LogP contribution in [0.25, 0.3) is 10.9 Å². The first-order valence-corrected chi connectivity index (χ1v) is 12.1. The number of ether oxygens (including phenoxy) is 1. The minimum absolute atomic E-state index is 0.00606. The molecule has 2 aromatic carbocycles. The standard InChI is InChI=1S/C28H34N4O2/c1-27(2)16-21(17-28(3,4)31-27)29-26(33)18-6-9-22(10-7-18)32-13-12-20-14-19-8-11-23(34-5)15-24(19)30-25(20)32/h6-11,14-15,21,31H,12-13,16-17H2,1-5H3,(H,29,33). The Bertz CT molecular complexity index is 1220. The van der Waals surface area contributed by atoms with Crippen molar-refractivity contribution in [2.75, 3.05) is 18.6 Å². The minimum Gasteiger partial charge on any atom is -0.497 e. The van der Waals surface area contributed by atoms with Gasteiger partial charge in [0.25, 0.3) is 5.91 Å². The summed E-state index contributed by atoms with van der Waals surface area (Å²) in [5.41, 5.74) is 3.90. The van der Waals surface area contributed by atoms with Gasteiger partial charge in [-0.25, -0.2) is 4.98 Å². The van der Waals surface area contributed by atoms with Gasteiger partial charge in [0, 0.05) is 46.4 Å². The fourth-order valence-corrected chi connectivity index (χ4v) is 5.80. The first-order chi connectivity index (χ1) is 16.1. The van der Waals surface area contributed by atoms with E-state index in [-0.39, 0.29) is 23.0 Å². The largest absolute Gasteiger partial charge is 0.497 e. The van der Waals surface area contributed by atoms with E-state index in [1.54, 1.807) is 7.11 Å². The molecule has 1 aromatic heterocycles. The van der Waals surface area contributed by atoms with Gasteiger partial charge in [-0.05, 0) is 95.0 Å². The first-order valence-electron chi connectivity index (χ1n) is 12.1. The maximum atomic E-state index is 13.0. The Labute approximate surface area is 201 Å². The molecular weight excluding hydrogens is 424 g/mol. The molecule has 1 fully saturated rings. The molecule has 0 aliphatic carbocycles. The van der Waals surface area contributed by atoms with E-state index < -0.39 is 0 Å². The number of piperidine rings is 1. The van der Waals surface area contributed by atoms with Crippen molar-refractivity contribution in [2.45, 2.75) is 64.1 Å². The van der Waals surface area contributed by atoms with Crippen LogP contribution in [0.5, 0.6) is 5.75 Å². The highest BCUT2D eigenvalue weighted by molar-refractivity contribution is 5.95. The lowest BCUT2D eigenvalue weighted by Gasteiger charge is -2.46. The van der Waals surface area contributed by atoms with Crippen molar-refractivity contribution in [3.8, 4) is 5.75 Å². The van der Waals surface area contributed by atoms with Gasteiger partial charge in [0.1, 0.15) is 11.6 Å². The number of aromatic nitrogens is 1. The molecule has 1 amide bonds. The predicted molar refractivity (Wildman–Crippen MR) is 137 cm³/mol. The molecule has 34 heavy (non-hydrogen) atoms. The predicted octanol–water partition coefficient (Wildman–Crippen LogP) is 4.98. The maximum absolute atomic E-state index is 13.0. The molecule has 0 unspecified atom stereocenters. The zero-order chi connectivity index (χ0) is 24.1. The van der Waals surface area contributed by atoms with Crippen molar-refractivity contribution in [1.82, 2.24) is 15.6 Å². The Morgan fingerprint density at radius 1 is 1.06 bits per heavy atom. The summed E-state index contributed by atoms with van der Waals surface area (Å²) in [5.74, 6) is 1.78. The summed E-state index contributed by atoms with van der Waals surface area (Å²) in [6, 6.07) is 16.3. The van der Waals surface area contributed by atoms with E-state index >= 15 is 0 Å². The molecule has 0 atom stereocenters. The molecule has 3 aromatic rings. The lowest BCUT2D eigenvalue weighted by atomic mass is 9.79. The van der Waals surface area contributed by atoms with E-state index in [1.165, 1.54) is 5.56 Å². The number of pyridine rings is 1. The van der Waals surface area contributed by atoms with E-state index in [0.29, 0.717) is 5.56 Å². The average Bonchev–Trinajstić information content (AvgIpc) is 3.17. The van der Waals surface area contributed by atoms with Gasteiger partial charge in [-0.1, -0.05) is 0 Å². The molecule has 1 saturated heterocycles. The number of hydrogen-bond acceptors (Lipinski definition) is 5. The number of anilines is 2. The van der Waals surface area contributed by atoms with Gasteiger partial charge < -0.3 is 20.3 Å². The fourth-order valence-electron chi connectivity index (χ4n) is 5.80. The third-order valence-electron chi connectivity index (χ3n) is 6.91. The van der Waals surface area contributed by atoms with Crippen LogP contribution in [-0.2, 0) is 6.42 Å². The quantitative estimate of drug-likeness (QED) is 0.577. The van der Waals surface area contributed by atoms with Gasteiger partial charge in [0.2, 0.25) is 0 Å². The summed E-state index contributed by atoms with van der Waals surface area (Å²) in [6.07, 6.45) is 2.78. The Kier molecular flexibility index (Phi) is 5.52. The Morgan fingerprint density at radius 2 is 1.76 bits per heavy atom. The number of methoxy groups -OCH3 is 1. The number of nitrogens with zero attached hydrogens (tertiary/aromatic N) is 2. The second-order valence-electron chi connectivity index (χ2n) is 10.9. The lowest BCUT2D eigenvalue weighted by Crippen LogP contribution is -2.62. The van der Waals surface area contributed by atoms with Crippen LogP contribution in [0.1, 0.15) is 56.5 Å². The van der Waals surface area contributed by atoms with Gasteiger partial charge in [-0.3, -0.25) is 4.79 Å². The van der Waals surface area contributed by atoms with Crippen LogP contribution in [-0.4, -0.2) is 41.7 Å². The molecule has 5 rings (SSSR count). The van der Waals surface area contributed by atoms with Crippen LogP contribution in [0.15, 0.2) is 48.5 Å². The molecule has 0 bridgehead atoms. The second-order valence-corrected chi connectivity index (χ2v) is 10.9. The summed E-state index contributed by atoms with van der Waals surface area (Å²) < 4.78 is 5.37. The molecule has 0 saturated carbocycles. The third-order valence-corrected chi connectivity index (χ3v) is 6.91. The zero-order valence-electron chi connectivity index (χ0n) is 20.7. The second kappa shape index (κ2) is 8.27. The average molecular weight is 459 g/mol. The van der Waals surface area contributed by atoms with Crippen molar-refractivity contribution >= 4 is 28.3 Å².